The van der Waals surface area contributed by atoms with Gasteiger partial charge in [0.15, 0.2) is 0 Å². The molecule has 35 heavy (non-hydrogen) atoms. The number of alkyl halides is 3. The molecule has 10 heteroatoms. The highest BCUT2D eigenvalue weighted by atomic mass is 32.2. The zero-order valence-corrected chi connectivity index (χ0v) is 20.8. The van der Waals surface area contributed by atoms with Crippen molar-refractivity contribution in [3.05, 3.63) is 76.8 Å². The zero-order chi connectivity index (χ0) is 26.1. The Bertz CT molecular complexity index is 1190. The third-order valence-corrected chi connectivity index (χ3v) is 8.38. The number of allylic oxidation sites excluding steroid dienone is 1. The van der Waals surface area contributed by atoms with Crippen LogP contribution in [0.2, 0.25) is 0 Å². The van der Waals surface area contributed by atoms with Crippen LogP contribution in [0.25, 0.3) is 0 Å². The molecule has 1 N–H and O–H groups in total. The van der Waals surface area contributed by atoms with Crippen molar-refractivity contribution in [2.45, 2.75) is 56.8 Å². The number of hydrogen-bond donors (Lipinski definition) is 1. The largest absolute Gasteiger partial charge is 0.513 e. The van der Waals surface area contributed by atoms with Crippen molar-refractivity contribution in [3.8, 4) is 0 Å². The van der Waals surface area contributed by atoms with Crippen LogP contribution in [0.3, 0.4) is 0 Å². The highest BCUT2D eigenvalue weighted by Crippen LogP contribution is 2.32. The smallest absolute Gasteiger partial charge is 0.419 e. The number of aryl methyl sites for hydroxylation is 1. The summed E-state index contributed by atoms with van der Waals surface area (Å²) >= 11 is 0. The van der Waals surface area contributed by atoms with Gasteiger partial charge in [-0.15, -0.1) is 0 Å². The Kier molecular flexibility index (Phi) is 7.98. The highest BCUT2D eigenvalue weighted by Gasteiger charge is 2.38. The second kappa shape index (κ2) is 10.3. The predicted octanol–water partition coefficient (Wildman–Crippen LogP) is 5.09. The molecule has 3 rings (SSSR count). The summed E-state index contributed by atoms with van der Waals surface area (Å²) in [5, 5.41) is 9.55. The van der Waals surface area contributed by atoms with Crippen LogP contribution in [-0.2, 0) is 29.0 Å². The van der Waals surface area contributed by atoms with Crippen LogP contribution < -0.4 is 0 Å². The number of halogens is 4. The first-order valence-corrected chi connectivity index (χ1v) is 12.7. The fraction of sp³-hybridized carbons (Fsp3) is 0.440. The third-order valence-electron chi connectivity index (χ3n) is 6.26. The van der Waals surface area contributed by atoms with Gasteiger partial charge in [0.2, 0.25) is 10.0 Å². The zero-order valence-electron chi connectivity index (χ0n) is 19.9. The van der Waals surface area contributed by atoms with E-state index >= 15 is 0 Å². The first kappa shape index (κ1) is 27.2. The van der Waals surface area contributed by atoms with Crippen molar-refractivity contribution in [1.82, 2.24) is 9.21 Å². The van der Waals surface area contributed by atoms with Gasteiger partial charge in [-0.05, 0) is 68.1 Å². The molecule has 1 heterocycles. The summed E-state index contributed by atoms with van der Waals surface area (Å²) in [5.41, 5.74) is 0.694. The minimum atomic E-state index is -4.74. The van der Waals surface area contributed by atoms with Crippen LogP contribution in [-0.4, -0.2) is 54.4 Å². The van der Waals surface area contributed by atoms with Gasteiger partial charge in [0.25, 0.3) is 0 Å². The molecule has 2 aromatic carbocycles. The van der Waals surface area contributed by atoms with Crippen LogP contribution in [0, 0.1) is 12.7 Å². The molecule has 0 spiro atoms. The summed E-state index contributed by atoms with van der Waals surface area (Å²) in [6.45, 7) is 10.3. The molecule has 2 aromatic rings. The number of nitrogens with zero attached hydrogens (tertiary/aromatic N) is 2. The van der Waals surface area contributed by atoms with E-state index in [1.807, 2.05) is 25.7 Å². The average molecular weight is 515 g/mol. The van der Waals surface area contributed by atoms with Crippen molar-refractivity contribution in [2.24, 2.45) is 0 Å². The first-order valence-electron chi connectivity index (χ1n) is 11.3. The van der Waals surface area contributed by atoms with E-state index in [4.69, 9.17) is 0 Å². The molecule has 0 radical (unpaired) electrons. The standard InChI is InChI=1S/C25H30F4N2O3S/c1-16-5-7-22(13-21(16)11-19(4)32)35(33,34)31-17(2)14-30(15-18(31)3)10-9-20-6-8-23(24(26)12-20)25(27,28)29/h5-8,12-13,17-18,32H,4,9-11,14-15H2,1-3H3/t17-,18+. The normalized spacial score (nSPS) is 20.2. The number of piperazine rings is 1. The maximum atomic E-state index is 13.9. The molecule has 0 saturated carbocycles. The lowest BCUT2D eigenvalue weighted by Crippen LogP contribution is -2.58. The quantitative estimate of drug-likeness (QED) is 0.413. The molecule has 1 saturated heterocycles. The molecule has 192 valence electrons. The number of hydrogen-bond acceptors (Lipinski definition) is 4. The summed E-state index contributed by atoms with van der Waals surface area (Å²) in [5.74, 6) is -1.35. The minimum Gasteiger partial charge on any atom is -0.513 e. The Morgan fingerprint density at radius 2 is 1.74 bits per heavy atom. The predicted molar refractivity (Wildman–Crippen MR) is 126 cm³/mol. The number of aliphatic hydroxyl groups is 1. The van der Waals surface area contributed by atoms with E-state index in [0.717, 1.165) is 17.7 Å². The van der Waals surface area contributed by atoms with Crippen molar-refractivity contribution < 1.29 is 31.1 Å². The van der Waals surface area contributed by atoms with Gasteiger partial charge in [-0.3, -0.25) is 4.90 Å². The first-order chi connectivity index (χ1) is 16.2. The van der Waals surface area contributed by atoms with Crippen molar-refractivity contribution in [2.75, 3.05) is 19.6 Å². The van der Waals surface area contributed by atoms with Crippen LogP contribution in [0.15, 0.2) is 53.6 Å². The van der Waals surface area contributed by atoms with Gasteiger partial charge >= 0.3 is 6.18 Å². The topological polar surface area (TPSA) is 60.9 Å². The second-order valence-corrected chi connectivity index (χ2v) is 11.0. The molecule has 0 amide bonds. The van der Waals surface area contributed by atoms with E-state index in [9.17, 15) is 31.1 Å². The van der Waals surface area contributed by atoms with E-state index in [1.165, 1.54) is 10.4 Å². The fourth-order valence-corrected chi connectivity index (χ4v) is 6.50. The highest BCUT2D eigenvalue weighted by molar-refractivity contribution is 7.89. The Morgan fingerprint density at radius 1 is 1.11 bits per heavy atom. The molecule has 1 fully saturated rings. The molecule has 0 aliphatic carbocycles. The van der Waals surface area contributed by atoms with Gasteiger partial charge in [0.05, 0.1) is 16.2 Å². The maximum absolute atomic E-state index is 13.9. The third kappa shape index (κ3) is 6.23. The lowest BCUT2D eigenvalue weighted by molar-refractivity contribution is -0.140. The fourth-order valence-electron chi connectivity index (χ4n) is 4.65. The summed E-state index contributed by atoms with van der Waals surface area (Å²) in [6.07, 6.45) is -4.23. The lowest BCUT2D eigenvalue weighted by atomic mass is 10.1. The number of sulfonamides is 1. The molecule has 5 nitrogen and oxygen atoms in total. The van der Waals surface area contributed by atoms with E-state index in [-0.39, 0.29) is 29.2 Å². The van der Waals surface area contributed by atoms with Crippen molar-refractivity contribution >= 4 is 10.0 Å². The Morgan fingerprint density at radius 3 is 2.29 bits per heavy atom. The summed E-state index contributed by atoms with van der Waals surface area (Å²) < 4.78 is 80.7. The lowest BCUT2D eigenvalue weighted by Gasteiger charge is -2.43. The van der Waals surface area contributed by atoms with Crippen LogP contribution in [0.1, 0.15) is 36.1 Å². The molecule has 0 bridgehead atoms. The summed E-state index contributed by atoms with van der Waals surface area (Å²) in [6, 6.07) is 7.05. The van der Waals surface area contributed by atoms with Gasteiger partial charge in [0.1, 0.15) is 5.82 Å². The number of rotatable bonds is 7. The summed E-state index contributed by atoms with van der Waals surface area (Å²) in [4.78, 5) is 2.18. The van der Waals surface area contributed by atoms with Crippen molar-refractivity contribution in [1.29, 1.82) is 0 Å². The number of aliphatic hydroxyl groups excluding tert-OH is 1. The minimum absolute atomic E-state index is 0.0501. The average Bonchev–Trinajstić information content (AvgIpc) is 2.72. The second-order valence-electron chi connectivity index (χ2n) is 9.19. The molecular formula is C25H30F4N2O3S. The van der Waals surface area contributed by atoms with E-state index in [1.54, 1.807) is 18.2 Å². The van der Waals surface area contributed by atoms with E-state index < -0.39 is 27.6 Å². The van der Waals surface area contributed by atoms with Crippen molar-refractivity contribution in [3.63, 3.8) is 0 Å². The van der Waals surface area contributed by atoms with E-state index in [0.29, 0.717) is 37.2 Å². The van der Waals surface area contributed by atoms with Crippen LogP contribution in [0.5, 0.6) is 0 Å². The van der Waals surface area contributed by atoms with Gasteiger partial charge < -0.3 is 5.11 Å². The molecule has 0 aromatic heterocycles. The number of benzene rings is 2. The Balaban J connectivity index is 1.71. The molecule has 0 unspecified atom stereocenters. The maximum Gasteiger partial charge on any atom is 0.419 e. The van der Waals surface area contributed by atoms with E-state index in [2.05, 4.69) is 6.58 Å². The van der Waals surface area contributed by atoms with Gasteiger partial charge in [-0.1, -0.05) is 18.7 Å². The van der Waals surface area contributed by atoms with Gasteiger partial charge in [-0.2, -0.15) is 17.5 Å². The SMILES string of the molecule is C=C(O)Cc1cc(S(=O)(=O)N2[C@H](C)CN(CCc3ccc(C(F)(F)F)c(F)c3)C[C@@H]2C)ccc1C. The molecule has 1 aliphatic heterocycles. The monoisotopic (exact) mass is 514 g/mol. The molecule has 2 atom stereocenters. The molecular weight excluding hydrogens is 484 g/mol. The van der Waals surface area contributed by atoms with Crippen LogP contribution >= 0.6 is 0 Å². The molecule has 1 aliphatic rings. The van der Waals surface area contributed by atoms with Gasteiger partial charge in [-0.25, -0.2) is 12.8 Å². The Labute approximate surface area is 203 Å². The van der Waals surface area contributed by atoms with Crippen LogP contribution in [0.4, 0.5) is 17.6 Å². The summed E-state index contributed by atoms with van der Waals surface area (Å²) in [7, 11) is -3.81. The Hall–Kier alpha value is -2.43. The van der Waals surface area contributed by atoms with Gasteiger partial charge in [0, 0.05) is 38.1 Å².